The largest absolute Gasteiger partial charge is 0.382 e. The van der Waals surface area contributed by atoms with E-state index in [9.17, 15) is 10.1 Å². The van der Waals surface area contributed by atoms with E-state index in [1.54, 1.807) is 12.1 Å². The van der Waals surface area contributed by atoms with Gasteiger partial charge in [-0.3, -0.25) is 10.1 Å². The number of non-ortho nitro benzene ring substituents is 1. The van der Waals surface area contributed by atoms with Gasteiger partial charge in [0.05, 0.1) is 4.92 Å². The van der Waals surface area contributed by atoms with Crippen LogP contribution in [0.25, 0.3) is 0 Å². The number of nitrogens with one attached hydrogen (secondary N) is 1. The third-order valence-corrected chi connectivity index (χ3v) is 2.76. The van der Waals surface area contributed by atoms with Crippen LogP contribution in [0.5, 0.6) is 0 Å². The van der Waals surface area contributed by atoms with E-state index in [1.807, 2.05) is 0 Å². The SMILES string of the molecule is CC(Nc1ccc([N+](=O)[O-])cc1)C(C)(C)C. The minimum Gasteiger partial charge on any atom is -0.382 e. The van der Waals surface area contributed by atoms with E-state index < -0.39 is 4.92 Å². The molecule has 0 aliphatic carbocycles. The van der Waals surface area contributed by atoms with Crippen molar-refractivity contribution in [1.82, 2.24) is 0 Å². The molecular weight excluding hydrogens is 204 g/mol. The summed E-state index contributed by atoms with van der Waals surface area (Å²) in [5.41, 5.74) is 1.18. The maximum atomic E-state index is 10.5. The highest BCUT2D eigenvalue weighted by Crippen LogP contribution is 2.23. The maximum Gasteiger partial charge on any atom is 0.269 e. The van der Waals surface area contributed by atoms with Crippen LogP contribution >= 0.6 is 0 Å². The monoisotopic (exact) mass is 222 g/mol. The molecule has 0 aliphatic heterocycles. The Kier molecular flexibility index (Phi) is 3.52. The van der Waals surface area contributed by atoms with Crippen molar-refractivity contribution in [2.45, 2.75) is 33.7 Å². The van der Waals surface area contributed by atoms with Gasteiger partial charge in [0.2, 0.25) is 0 Å². The molecule has 0 bridgehead atoms. The van der Waals surface area contributed by atoms with E-state index >= 15 is 0 Å². The highest BCUT2D eigenvalue weighted by atomic mass is 16.6. The molecule has 88 valence electrons. The standard InChI is InChI=1S/C12H18N2O2/c1-9(12(2,3)4)13-10-5-7-11(8-6-10)14(15)16/h5-9,13H,1-4H3. The molecule has 1 rings (SSSR count). The first kappa shape index (κ1) is 12.5. The number of nitro groups is 1. The molecule has 4 heteroatoms. The van der Waals surface area contributed by atoms with Gasteiger partial charge in [0.1, 0.15) is 0 Å². The topological polar surface area (TPSA) is 55.2 Å². The van der Waals surface area contributed by atoms with E-state index in [2.05, 4.69) is 33.0 Å². The molecule has 0 amide bonds. The molecule has 1 aromatic carbocycles. The quantitative estimate of drug-likeness (QED) is 0.629. The minimum atomic E-state index is -0.392. The van der Waals surface area contributed by atoms with Crippen LogP contribution in [0.3, 0.4) is 0 Å². The van der Waals surface area contributed by atoms with Gasteiger partial charge < -0.3 is 5.32 Å². The van der Waals surface area contributed by atoms with Gasteiger partial charge in [-0.2, -0.15) is 0 Å². The lowest BCUT2D eigenvalue weighted by molar-refractivity contribution is -0.384. The Labute approximate surface area is 95.8 Å². The van der Waals surface area contributed by atoms with E-state index in [0.29, 0.717) is 6.04 Å². The fraction of sp³-hybridized carbons (Fsp3) is 0.500. The normalized spacial score (nSPS) is 13.2. The lowest BCUT2D eigenvalue weighted by Crippen LogP contribution is -2.30. The summed E-state index contributed by atoms with van der Waals surface area (Å²) in [5, 5.41) is 13.8. The van der Waals surface area contributed by atoms with Crippen LogP contribution in [0, 0.1) is 15.5 Å². The van der Waals surface area contributed by atoms with Crippen LogP contribution in [0.4, 0.5) is 11.4 Å². The van der Waals surface area contributed by atoms with Crippen LogP contribution < -0.4 is 5.32 Å². The Morgan fingerprint density at radius 3 is 2.12 bits per heavy atom. The first-order chi connectivity index (χ1) is 7.30. The van der Waals surface area contributed by atoms with Crippen LogP contribution in [0.15, 0.2) is 24.3 Å². The van der Waals surface area contributed by atoms with Gasteiger partial charge in [-0.1, -0.05) is 20.8 Å². The summed E-state index contributed by atoms with van der Waals surface area (Å²) < 4.78 is 0. The highest BCUT2D eigenvalue weighted by molar-refractivity contribution is 5.49. The molecule has 1 unspecified atom stereocenters. The second-order valence-electron chi connectivity index (χ2n) is 5.04. The smallest absolute Gasteiger partial charge is 0.269 e. The summed E-state index contributed by atoms with van der Waals surface area (Å²) in [6.07, 6.45) is 0. The number of rotatable bonds is 3. The number of hydrogen-bond donors (Lipinski definition) is 1. The van der Waals surface area contributed by atoms with Crippen LogP contribution in [0.2, 0.25) is 0 Å². The lowest BCUT2D eigenvalue weighted by Gasteiger charge is -2.28. The summed E-state index contributed by atoms with van der Waals surface area (Å²) in [7, 11) is 0. The van der Waals surface area contributed by atoms with Crippen molar-refractivity contribution in [3.8, 4) is 0 Å². The van der Waals surface area contributed by atoms with Crippen molar-refractivity contribution in [3.05, 3.63) is 34.4 Å². The third kappa shape index (κ3) is 3.22. The molecule has 1 aromatic rings. The molecule has 0 fully saturated rings. The molecular formula is C12H18N2O2. The molecule has 0 heterocycles. The molecule has 0 spiro atoms. The van der Waals surface area contributed by atoms with E-state index in [0.717, 1.165) is 5.69 Å². The van der Waals surface area contributed by atoms with Crippen LogP contribution in [-0.2, 0) is 0 Å². The molecule has 1 atom stereocenters. The Bertz CT molecular complexity index is 366. The van der Waals surface area contributed by atoms with Crippen molar-refractivity contribution in [2.24, 2.45) is 5.41 Å². The zero-order valence-corrected chi connectivity index (χ0v) is 10.2. The van der Waals surface area contributed by atoms with Crippen molar-refractivity contribution in [3.63, 3.8) is 0 Å². The fourth-order valence-electron chi connectivity index (χ4n) is 1.15. The number of nitro benzene ring substituents is 1. The Balaban J connectivity index is 2.73. The molecule has 0 aliphatic rings. The highest BCUT2D eigenvalue weighted by Gasteiger charge is 2.19. The van der Waals surface area contributed by atoms with Crippen LogP contribution in [-0.4, -0.2) is 11.0 Å². The predicted molar refractivity (Wildman–Crippen MR) is 65.6 cm³/mol. The summed E-state index contributed by atoms with van der Waals surface area (Å²) in [5.74, 6) is 0. The van der Waals surface area contributed by atoms with Gasteiger partial charge >= 0.3 is 0 Å². The van der Waals surface area contributed by atoms with E-state index in [-0.39, 0.29) is 11.1 Å². The molecule has 16 heavy (non-hydrogen) atoms. The van der Waals surface area contributed by atoms with Crippen LogP contribution in [0.1, 0.15) is 27.7 Å². The van der Waals surface area contributed by atoms with Gasteiger partial charge in [-0.15, -0.1) is 0 Å². The van der Waals surface area contributed by atoms with Gasteiger partial charge in [-0.05, 0) is 24.5 Å². The predicted octanol–water partition coefficient (Wildman–Crippen LogP) is 3.44. The lowest BCUT2D eigenvalue weighted by atomic mass is 9.88. The average Bonchev–Trinajstić information content (AvgIpc) is 2.17. The molecule has 1 N–H and O–H groups in total. The molecule has 0 saturated carbocycles. The number of hydrogen-bond acceptors (Lipinski definition) is 3. The van der Waals surface area contributed by atoms with Crippen molar-refractivity contribution < 1.29 is 4.92 Å². The average molecular weight is 222 g/mol. The molecule has 0 radical (unpaired) electrons. The van der Waals surface area contributed by atoms with Gasteiger partial charge in [0, 0.05) is 23.9 Å². The van der Waals surface area contributed by atoms with Crippen molar-refractivity contribution in [2.75, 3.05) is 5.32 Å². The Hall–Kier alpha value is -1.58. The first-order valence-electron chi connectivity index (χ1n) is 5.31. The number of anilines is 1. The van der Waals surface area contributed by atoms with Gasteiger partial charge in [-0.25, -0.2) is 0 Å². The summed E-state index contributed by atoms with van der Waals surface area (Å²) in [6, 6.07) is 6.80. The number of nitrogens with zero attached hydrogens (tertiary/aromatic N) is 1. The summed E-state index contributed by atoms with van der Waals surface area (Å²) >= 11 is 0. The Morgan fingerprint density at radius 1 is 1.25 bits per heavy atom. The molecule has 4 nitrogen and oxygen atoms in total. The fourth-order valence-corrected chi connectivity index (χ4v) is 1.15. The summed E-state index contributed by atoms with van der Waals surface area (Å²) in [4.78, 5) is 10.1. The number of benzene rings is 1. The second kappa shape index (κ2) is 4.51. The zero-order valence-electron chi connectivity index (χ0n) is 10.2. The molecule has 0 saturated heterocycles. The van der Waals surface area contributed by atoms with Gasteiger partial charge in [0.15, 0.2) is 0 Å². The first-order valence-corrected chi connectivity index (χ1v) is 5.31. The van der Waals surface area contributed by atoms with E-state index in [1.165, 1.54) is 12.1 Å². The second-order valence-corrected chi connectivity index (χ2v) is 5.04. The van der Waals surface area contributed by atoms with E-state index in [4.69, 9.17) is 0 Å². The zero-order chi connectivity index (χ0) is 12.3. The minimum absolute atomic E-state index is 0.119. The van der Waals surface area contributed by atoms with Crippen molar-refractivity contribution in [1.29, 1.82) is 0 Å². The summed E-state index contributed by atoms with van der Waals surface area (Å²) in [6.45, 7) is 8.55. The molecule has 0 aromatic heterocycles. The van der Waals surface area contributed by atoms with Crippen molar-refractivity contribution >= 4 is 11.4 Å². The maximum absolute atomic E-state index is 10.5. The van der Waals surface area contributed by atoms with Gasteiger partial charge in [0.25, 0.3) is 5.69 Å². The third-order valence-electron chi connectivity index (χ3n) is 2.76. The Morgan fingerprint density at radius 2 is 1.75 bits per heavy atom.